The molecule has 2 N–H and O–H groups in total. The van der Waals surface area contributed by atoms with Crippen LogP contribution >= 0.6 is 0 Å². The minimum absolute atomic E-state index is 0.173. The topological polar surface area (TPSA) is 79.1 Å². The Morgan fingerprint density at radius 2 is 1.70 bits per heavy atom. The van der Waals surface area contributed by atoms with Crippen LogP contribution in [0.1, 0.15) is 80.1 Å². The lowest BCUT2D eigenvalue weighted by Crippen LogP contribution is -2.39. The molecule has 0 aromatic heterocycles. The van der Waals surface area contributed by atoms with Gasteiger partial charge in [-0.1, -0.05) is 59.5 Å². The lowest BCUT2D eigenvalue weighted by molar-refractivity contribution is -0.125. The Balaban J connectivity index is 3.27. The van der Waals surface area contributed by atoms with Crippen LogP contribution in [0.2, 0.25) is 0 Å². The van der Waals surface area contributed by atoms with E-state index in [0.717, 1.165) is 19.3 Å². The van der Waals surface area contributed by atoms with Gasteiger partial charge >= 0.3 is 0 Å². The maximum absolute atomic E-state index is 13.2. The van der Waals surface area contributed by atoms with Gasteiger partial charge in [-0.25, -0.2) is 0 Å². The minimum Gasteiger partial charge on any atom is -0.508 e. The van der Waals surface area contributed by atoms with Crippen LogP contribution in [0.15, 0.2) is 16.5 Å². The van der Waals surface area contributed by atoms with Gasteiger partial charge in [-0.15, -0.1) is 0 Å². The lowest BCUT2D eigenvalue weighted by atomic mass is 9.80. The molecule has 5 nitrogen and oxygen atoms in total. The average molecular weight is 382 g/mol. The van der Waals surface area contributed by atoms with Crippen LogP contribution in [-0.2, 0) is 9.63 Å². The third-order valence-corrected chi connectivity index (χ3v) is 5.25. The Labute approximate surface area is 164 Å². The molecule has 27 heavy (non-hydrogen) atoms. The number of rotatable bonds is 11. The van der Waals surface area contributed by atoms with Crippen LogP contribution in [0.3, 0.4) is 0 Å². The van der Waals surface area contributed by atoms with Crippen molar-refractivity contribution >= 4 is 11.5 Å². The van der Waals surface area contributed by atoms with Crippen molar-refractivity contribution in [1.82, 2.24) is 0 Å². The van der Waals surface area contributed by atoms with E-state index in [1.807, 2.05) is 13.8 Å². The second-order valence-corrected chi connectivity index (χ2v) is 9.14. The summed E-state index contributed by atoms with van der Waals surface area (Å²) in [5.74, 6) is 0.161. The molecule has 156 valence electrons. The highest BCUT2D eigenvalue weighted by Crippen LogP contribution is 2.44. The number of Topliss-reactive ketones (excluding diaryl/α,β-unsaturated/α-hetero) is 1. The maximum Gasteiger partial charge on any atom is 0.174 e. The number of carbonyl (C=O) groups is 1. The number of hydrogen-bond donors (Lipinski definition) is 2. The summed E-state index contributed by atoms with van der Waals surface area (Å²) in [4.78, 5) is 18.2. The highest BCUT2D eigenvalue weighted by Gasteiger charge is 2.53. The summed E-state index contributed by atoms with van der Waals surface area (Å²) in [6.45, 7) is 12.5. The number of hydrogen-bond acceptors (Lipinski definition) is 5. The molecule has 1 aliphatic carbocycles. The fraction of sp³-hybridized carbons (Fsp3) is 0.818. The maximum atomic E-state index is 13.2. The molecule has 0 bridgehead atoms. The molecule has 0 saturated carbocycles. The second kappa shape index (κ2) is 10.3. The zero-order valence-corrected chi connectivity index (χ0v) is 18.2. The third kappa shape index (κ3) is 6.06. The normalized spacial score (nSPS) is 24.0. The fourth-order valence-corrected chi connectivity index (χ4v) is 3.79. The van der Waals surface area contributed by atoms with Crippen molar-refractivity contribution < 1.29 is 19.8 Å². The summed E-state index contributed by atoms with van der Waals surface area (Å²) in [7, 11) is 1.43. The molecule has 0 heterocycles. The van der Waals surface area contributed by atoms with Crippen LogP contribution in [0.4, 0.5) is 0 Å². The number of allylic oxidation sites excluding steroid dienone is 1. The SMILES string of the molecule is CO/N=C(/CC(C)C)C1=C(O)[C@](O)(CCCC(C)C)[C@@H](CCC(C)C)C1=O. The second-order valence-electron chi connectivity index (χ2n) is 9.14. The lowest BCUT2D eigenvalue weighted by Gasteiger charge is -2.30. The first kappa shape index (κ1) is 23.7. The van der Waals surface area contributed by atoms with Gasteiger partial charge in [0.05, 0.1) is 17.2 Å². The minimum atomic E-state index is -1.50. The largest absolute Gasteiger partial charge is 0.508 e. The van der Waals surface area contributed by atoms with Crippen molar-refractivity contribution in [2.45, 2.75) is 85.7 Å². The van der Waals surface area contributed by atoms with Crippen LogP contribution in [0.25, 0.3) is 0 Å². The fourth-order valence-electron chi connectivity index (χ4n) is 3.79. The number of carbonyl (C=O) groups excluding carboxylic acids is 1. The summed E-state index contributed by atoms with van der Waals surface area (Å²) in [5.41, 5.74) is -0.891. The molecule has 2 atom stereocenters. The van der Waals surface area contributed by atoms with Gasteiger partial charge in [-0.3, -0.25) is 4.79 Å². The highest BCUT2D eigenvalue weighted by molar-refractivity contribution is 6.25. The van der Waals surface area contributed by atoms with E-state index >= 15 is 0 Å². The summed E-state index contributed by atoms with van der Waals surface area (Å²) in [5, 5.41) is 26.4. The quantitative estimate of drug-likeness (QED) is 0.388. The molecule has 0 unspecified atom stereocenters. The van der Waals surface area contributed by atoms with E-state index in [9.17, 15) is 15.0 Å². The van der Waals surface area contributed by atoms with Crippen LogP contribution in [-0.4, -0.2) is 34.4 Å². The molecule has 0 spiro atoms. The predicted molar refractivity (Wildman–Crippen MR) is 110 cm³/mol. The molecule has 0 aliphatic heterocycles. The van der Waals surface area contributed by atoms with Crippen molar-refractivity contribution in [2.24, 2.45) is 28.8 Å². The van der Waals surface area contributed by atoms with E-state index in [4.69, 9.17) is 4.84 Å². The van der Waals surface area contributed by atoms with Gasteiger partial charge in [0.15, 0.2) is 5.78 Å². The molecular formula is C22H39NO4. The average Bonchev–Trinajstić information content (AvgIpc) is 2.71. The van der Waals surface area contributed by atoms with Gasteiger partial charge in [-0.05, 0) is 43.4 Å². The number of aliphatic hydroxyl groups is 2. The molecule has 0 aromatic rings. The smallest absolute Gasteiger partial charge is 0.174 e. The van der Waals surface area contributed by atoms with E-state index in [2.05, 4.69) is 32.9 Å². The summed E-state index contributed by atoms with van der Waals surface area (Å²) < 4.78 is 0. The van der Waals surface area contributed by atoms with E-state index in [-0.39, 0.29) is 23.0 Å². The zero-order valence-electron chi connectivity index (χ0n) is 18.2. The molecule has 0 amide bonds. The first-order valence-electron chi connectivity index (χ1n) is 10.3. The van der Waals surface area contributed by atoms with Crippen LogP contribution in [0.5, 0.6) is 0 Å². The van der Waals surface area contributed by atoms with E-state index in [1.54, 1.807) is 0 Å². The summed E-state index contributed by atoms with van der Waals surface area (Å²) in [6, 6.07) is 0. The highest BCUT2D eigenvalue weighted by atomic mass is 16.6. The Hall–Kier alpha value is -1.36. The Kier molecular flexibility index (Phi) is 9.00. The van der Waals surface area contributed by atoms with Gasteiger partial charge < -0.3 is 15.1 Å². The standard InChI is InChI=1S/C22H39NO4/c1-14(2)9-8-12-22(26)17(11-10-15(3)4)20(24)19(21(22)25)18(23-27-7)13-16(5)6/h14-17,25-26H,8-13H2,1-7H3/b23-18-/t17-,22-/m0/s1. The monoisotopic (exact) mass is 381 g/mol. The van der Waals surface area contributed by atoms with Gasteiger partial charge in [0, 0.05) is 0 Å². The summed E-state index contributed by atoms with van der Waals surface area (Å²) >= 11 is 0. The van der Waals surface area contributed by atoms with Crippen molar-refractivity contribution in [3.05, 3.63) is 11.3 Å². The third-order valence-electron chi connectivity index (χ3n) is 5.25. The van der Waals surface area contributed by atoms with E-state index in [1.165, 1.54) is 7.11 Å². The molecule has 1 aliphatic rings. The van der Waals surface area contributed by atoms with Crippen molar-refractivity contribution in [3.63, 3.8) is 0 Å². The number of ketones is 1. The number of nitrogens with zero attached hydrogens (tertiary/aromatic N) is 1. The first-order valence-corrected chi connectivity index (χ1v) is 10.3. The molecular weight excluding hydrogens is 342 g/mol. The Morgan fingerprint density at radius 1 is 1.11 bits per heavy atom. The molecule has 0 saturated heterocycles. The molecule has 0 radical (unpaired) electrons. The Bertz CT molecular complexity index is 563. The van der Waals surface area contributed by atoms with Crippen molar-refractivity contribution in [3.8, 4) is 0 Å². The van der Waals surface area contributed by atoms with Gasteiger partial charge in [-0.2, -0.15) is 0 Å². The Morgan fingerprint density at radius 3 is 2.19 bits per heavy atom. The summed E-state index contributed by atoms with van der Waals surface area (Å²) in [6.07, 6.45) is 3.99. The molecule has 1 rings (SSSR count). The number of aliphatic hydroxyl groups excluding tert-OH is 1. The predicted octanol–water partition coefficient (Wildman–Crippen LogP) is 5.04. The van der Waals surface area contributed by atoms with Gasteiger partial charge in [0.1, 0.15) is 18.5 Å². The molecule has 5 heteroatoms. The van der Waals surface area contributed by atoms with E-state index < -0.39 is 11.5 Å². The van der Waals surface area contributed by atoms with Crippen molar-refractivity contribution in [1.29, 1.82) is 0 Å². The van der Waals surface area contributed by atoms with Gasteiger partial charge in [0.25, 0.3) is 0 Å². The first-order chi connectivity index (χ1) is 12.5. The van der Waals surface area contributed by atoms with Crippen molar-refractivity contribution in [2.75, 3.05) is 7.11 Å². The molecule has 0 fully saturated rings. The van der Waals surface area contributed by atoms with E-state index in [0.29, 0.717) is 36.8 Å². The van der Waals surface area contributed by atoms with Crippen LogP contribution in [0, 0.1) is 23.7 Å². The van der Waals surface area contributed by atoms with Gasteiger partial charge in [0.2, 0.25) is 0 Å². The molecule has 0 aromatic carbocycles. The number of oxime groups is 1. The van der Waals surface area contributed by atoms with Crippen LogP contribution < -0.4 is 0 Å². The zero-order chi connectivity index (χ0) is 20.8.